The first kappa shape index (κ1) is 21.1. The molecule has 1 heterocycles. The minimum atomic E-state index is -4.87. The normalized spacial score (nSPS) is 11.2. The smallest absolute Gasteiger partial charge is 0.406 e. The molecule has 12 heteroatoms. The molecule has 156 valence electrons. The molecule has 30 heavy (non-hydrogen) atoms. The minimum absolute atomic E-state index is 0.0681. The van der Waals surface area contributed by atoms with Crippen LogP contribution >= 0.6 is 11.6 Å². The van der Waals surface area contributed by atoms with Crippen molar-refractivity contribution in [3.8, 4) is 11.4 Å². The van der Waals surface area contributed by atoms with Crippen molar-refractivity contribution in [2.75, 3.05) is 0 Å². The molecule has 1 N–H and O–H groups in total. The summed E-state index contributed by atoms with van der Waals surface area (Å²) in [5.74, 6) is -0.797. The number of alkyl halides is 3. The number of nitro benzene ring substituents is 1. The van der Waals surface area contributed by atoms with Gasteiger partial charge in [0, 0.05) is 23.7 Å². The van der Waals surface area contributed by atoms with Gasteiger partial charge in [0.2, 0.25) is 0 Å². The highest BCUT2D eigenvalue weighted by Crippen LogP contribution is 2.37. The van der Waals surface area contributed by atoms with Crippen molar-refractivity contribution < 1.29 is 27.6 Å². The lowest BCUT2D eigenvalue weighted by molar-refractivity contribution is -0.384. The van der Waals surface area contributed by atoms with Crippen molar-refractivity contribution in [1.29, 1.82) is 0 Å². The molecule has 0 saturated carbocycles. The summed E-state index contributed by atoms with van der Waals surface area (Å²) in [7, 11) is 0. The summed E-state index contributed by atoms with van der Waals surface area (Å²) in [5, 5.41) is 17.0. The SMILES string of the molecule is O=C(NCc1cccc([N+](=O)[O-])c1)Oc1cnn(-c2ccc(Cl)cc2)c1C(F)(F)F. The van der Waals surface area contributed by atoms with Crippen LogP contribution in [0.1, 0.15) is 11.3 Å². The maximum absolute atomic E-state index is 13.6. The predicted octanol–water partition coefficient (Wildman–Crippen LogP) is 4.74. The molecule has 0 spiro atoms. The first-order chi connectivity index (χ1) is 14.1. The number of hydrogen-bond donors (Lipinski definition) is 1. The summed E-state index contributed by atoms with van der Waals surface area (Å²) in [6, 6.07) is 10.9. The lowest BCUT2D eigenvalue weighted by atomic mass is 10.2. The fraction of sp³-hybridized carbons (Fsp3) is 0.111. The zero-order chi connectivity index (χ0) is 21.9. The van der Waals surface area contributed by atoms with Crippen molar-refractivity contribution in [2.24, 2.45) is 0 Å². The summed E-state index contributed by atoms with van der Waals surface area (Å²) >= 11 is 5.75. The van der Waals surface area contributed by atoms with E-state index in [0.717, 1.165) is 6.20 Å². The molecule has 0 atom stereocenters. The van der Waals surface area contributed by atoms with E-state index in [1.165, 1.54) is 48.5 Å². The van der Waals surface area contributed by atoms with Crippen LogP contribution in [0.5, 0.6) is 5.75 Å². The third-order valence-corrected chi connectivity index (χ3v) is 4.09. The van der Waals surface area contributed by atoms with Gasteiger partial charge in [0.15, 0.2) is 11.4 Å². The zero-order valence-corrected chi connectivity index (χ0v) is 15.6. The van der Waals surface area contributed by atoms with Crippen LogP contribution in [-0.2, 0) is 12.7 Å². The van der Waals surface area contributed by atoms with E-state index in [2.05, 4.69) is 10.4 Å². The van der Waals surface area contributed by atoms with E-state index >= 15 is 0 Å². The Morgan fingerprint density at radius 1 is 1.23 bits per heavy atom. The first-order valence-electron chi connectivity index (χ1n) is 8.25. The molecule has 3 aromatic rings. The Hall–Kier alpha value is -3.60. The van der Waals surface area contributed by atoms with Crippen LogP contribution in [0.4, 0.5) is 23.7 Å². The molecule has 3 rings (SSSR count). The van der Waals surface area contributed by atoms with E-state index in [1.807, 2.05) is 0 Å². The maximum Gasteiger partial charge on any atom is 0.437 e. The van der Waals surface area contributed by atoms with Gasteiger partial charge in [-0.3, -0.25) is 10.1 Å². The van der Waals surface area contributed by atoms with Crippen molar-refractivity contribution in [3.05, 3.63) is 81.1 Å². The third-order valence-electron chi connectivity index (χ3n) is 3.84. The fourth-order valence-electron chi connectivity index (χ4n) is 2.54. The van der Waals surface area contributed by atoms with Gasteiger partial charge in [-0.2, -0.15) is 18.3 Å². The molecule has 0 fully saturated rings. The number of amides is 1. The molecule has 0 aliphatic carbocycles. The number of hydrogen-bond acceptors (Lipinski definition) is 5. The number of non-ortho nitro benzene ring substituents is 1. The van der Waals surface area contributed by atoms with E-state index in [0.29, 0.717) is 15.3 Å². The lowest BCUT2D eigenvalue weighted by Crippen LogP contribution is -2.27. The van der Waals surface area contributed by atoms with Gasteiger partial charge in [0.05, 0.1) is 16.8 Å². The number of ether oxygens (including phenoxy) is 1. The van der Waals surface area contributed by atoms with Crippen molar-refractivity contribution in [1.82, 2.24) is 15.1 Å². The molecular weight excluding hydrogens is 429 g/mol. The number of rotatable bonds is 5. The fourth-order valence-corrected chi connectivity index (χ4v) is 2.66. The summed E-state index contributed by atoms with van der Waals surface area (Å²) < 4.78 is 46.1. The summed E-state index contributed by atoms with van der Waals surface area (Å²) in [6.07, 6.45) is -5.28. The number of aromatic nitrogens is 2. The number of halogens is 4. The number of carbonyl (C=O) groups excluding carboxylic acids is 1. The van der Waals surface area contributed by atoms with Crippen molar-refractivity contribution in [3.63, 3.8) is 0 Å². The Kier molecular flexibility index (Phi) is 5.92. The average molecular weight is 441 g/mol. The van der Waals surface area contributed by atoms with Gasteiger partial charge < -0.3 is 10.1 Å². The minimum Gasteiger partial charge on any atom is -0.406 e. The third kappa shape index (κ3) is 4.87. The van der Waals surface area contributed by atoms with Gasteiger partial charge in [-0.1, -0.05) is 23.7 Å². The zero-order valence-electron chi connectivity index (χ0n) is 14.9. The second-order valence-corrected chi connectivity index (χ2v) is 6.35. The largest absolute Gasteiger partial charge is 0.437 e. The number of carbonyl (C=O) groups is 1. The molecular formula is C18H12ClF3N4O4. The van der Waals surface area contributed by atoms with E-state index in [9.17, 15) is 28.1 Å². The molecule has 0 bridgehead atoms. The average Bonchev–Trinajstić information content (AvgIpc) is 3.11. The maximum atomic E-state index is 13.6. The van der Waals surface area contributed by atoms with Gasteiger partial charge in [-0.25, -0.2) is 9.48 Å². The lowest BCUT2D eigenvalue weighted by Gasteiger charge is -2.13. The van der Waals surface area contributed by atoms with E-state index in [-0.39, 0.29) is 17.9 Å². The highest BCUT2D eigenvalue weighted by molar-refractivity contribution is 6.30. The van der Waals surface area contributed by atoms with Gasteiger partial charge in [0.1, 0.15) is 0 Å². The molecule has 1 aromatic heterocycles. The van der Waals surface area contributed by atoms with Crippen molar-refractivity contribution in [2.45, 2.75) is 12.7 Å². The van der Waals surface area contributed by atoms with E-state index < -0.39 is 28.6 Å². The number of benzene rings is 2. The number of nitrogens with one attached hydrogen (secondary N) is 1. The highest BCUT2D eigenvalue weighted by Gasteiger charge is 2.40. The Morgan fingerprint density at radius 2 is 1.93 bits per heavy atom. The monoisotopic (exact) mass is 440 g/mol. The molecule has 8 nitrogen and oxygen atoms in total. The van der Waals surface area contributed by atoms with Gasteiger partial charge in [-0.05, 0) is 29.8 Å². The van der Waals surface area contributed by atoms with Crippen LogP contribution in [0.25, 0.3) is 5.69 Å². The summed E-state index contributed by atoms with van der Waals surface area (Å²) in [4.78, 5) is 22.1. The molecule has 1 amide bonds. The van der Waals surface area contributed by atoms with Gasteiger partial charge in [0.25, 0.3) is 5.69 Å². The Bertz CT molecular complexity index is 1080. The van der Waals surface area contributed by atoms with Gasteiger partial charge >= 0.3 is 12.3 Å². The first-order valence-corrected chi connectivity index (χ1v) is 8.63. The van der Waals surface area contributed by atoms with Crippen LogP contribution in [0.2, 0.25) is 5.02 Å². The van der Waals surface area contributed by atoms with Crippen molar-refractivity contribution >= 4 is 23.4 Å². The van der Waals surface area contributed by atoms with Crippen LogP contribution in [0, 0.1) is 10.1 Å². The van der Waals surface area contributed by atoms with Crippen LogP contribution in [-0.4, -0.2) is 20.8 Å². The topological polar surface area (TPSA) is 99.3 Å². The Labute approximate surface area is 172 Å². The van der Waals surface area contributed by atoms with E-state index in [1.54, 1.807) is 0 Å². The molecule has 0 radical (unpaired) electrons. The molecule has 2 aromatic carbocycles. The number of nitro groups is 1. The van der Waals surface area contributed by atoms with Gasteiger partial charge in [-0.15, -0.1) is 0 Å². The predicted molar refractivity (Wildman–Crippen MR) is 99.5 cm³/mol. The highest BCUT2D eigenvalue weighted by atomic mass is 35.5. The van der Waals surface area contributed by atoms with Crippen LogP contribution in [0.3, 0.4) is 0 Å². The standard InChI is InChI=1S/C18H12ClF3N4O4/c19-12-4-6-13(7-5-12)25-16(18(20,21)22)15(10-24-25)30-17(27)23-9-11-2-1-3-14(8-11)26(28)29/h1-8,10H,9H2,(H,23,27). The van der Waals surface area contributed by atoms with E-state index in [4.69, 9.17) is 16.3 Å². The van der Waals surface area contributed by atoms with Crippen LogP contribution in [0.15, 0.2) is 54.7 Å². The Balaban J connectivity index is 1.77. The Morgan fingerprint density at radius 3 is 2.57 bits per heavy atom. The second-order valence-electron chi connectivity index (χ2n) is 5.91. The molecule has 0 aliphatic heterocycles. The molecule has 0 unspecified atom stereocenters. The second kappa shape index (κ2) is 8.41. The quantitative estimate of drug-likeness (QED) is 0.456. The summed E-state index contributed by atoms with van der Waals surface area (Å²) in [5.41, 5.74) is -1.03. The molecule has 0 aliphatic rings. The number of nitrogens with zero attached hydrogens (tertiary/aromatic N) is 3. The van der Waals surface area contributed by atoms with Crippen LogP contribution < -0.4 is 10.1 Å². The summed E-state index contributed by atoms with van der Waals surface area (Å²) in [6.45, 7) is -0.187. The molecule has 0 saturated heterocycles.